The fourth-order valence-corrected chi connectivity index (χ4v) is 2.42. The minimum Gasteiger partial charge on any atom is -0.383 e. The summed E-state index contributed by atoms with van der Waals surface area (Å²) in [4.78, 5) is 8.76. The third kappa shape index (κ3) is 1.91. The Hall–Kier alpha value is -2.16. The molecule has 0 radical (unpaired) electrons. The normalized spacial score (nSPS) is 12.2. The molecule has 19 heavy (non-hydrogen) atoms. The van der Waals surface area contributed by atoms with E-state index in [1.807, 2.05) is 12.3 Å². The number of nitrogen functional groups attached to an aromatic ring is 1. The molecule has 0 atom stereocenters. The number of pyridine rings is 2. The van der Waals surface area contributed by atoms with Crippen LogP contribution in [0.25, 0.3) is 21.7 Å². The summed E-state index contributed by atoms with van der Waals surface area (Å²) in [5, 5.41) is 3.31. The van der Waals surface area contributed by atoms with E-state index in [9.17, 15) is 0 Å². The highest BCUT2D eigenvalue weighted by atomic mass is 14.8. The summed E-state index contributed by atoms with van der Waals surface area (Å²) in [6.07, 6.45) is 3.64. The van der Waals surface area contributed by atoms with Crippen molar-refractivity contribution in [2.45, 2.75) is 26.2 Å². The zero-order valence-corrected chi connectivity index (χ0v) is 11.4. The summed E-state index contributed by atoms with van der Waals surface area (Å²) in [5.41, 5.74) is 8.18. The van der Waals surface area contributed by atoms with Gasteiger partial charge in [0.2, 0.25) is 0 Å². The molecule has 0 unspecified atom stereocenters. The first-order valence-electron chi connectivity index (χ1n) is 6.40. The molecule has 3 nitrogen and oxygen atoms in total. The first kappa shape index (κ1) is 11.9. The molecule has 2 N–H and O–H groups in total. The van der Waals surface area contributed by atoms with Crippen LogP contribution in [-0.2, 0) is 5.41 Å². The molecule has 0 fully saturated rings. The molecule has 0 saturated heterocycles. The van der Waals surface area contributed by atoms with Gasteiger partial charge < -0.3 is 5.73 Å². The van der Waals surface area contributed by atoms with Gasteiger partial charge in [0.15, 0.2) is 0 Å². The summed E-state index contributed by atoms with van der Waals surface area (Å²) in [7, 11) is 0. The van der Waals surface area contributed by atoms with Crippen molar-refractivity contribution >= 4 is 27.5 Å². The Morgan fingerprint density at radius 1 is 1.05 bits per heavy atom. The standard InChI is InChI=1S/C16H17N3/c1-16(2,3)13-8-10-4-5-11-9-18-7-6-12(11)14(10)19-15(13)17/h4-9H,1-3H3,(H2,17,19). The number of hydrogen-bond donors (Lipinski definition) is 1. The van der Waals surface area contributed by atoms with E-state index in [0.29, 0.717) is 5.82 Å². The van der Waals surface area contributed by atoms with E-state index in [-0.39, 0.29) is 5.41 Å². The molecule has 0 saturated carbocycles. The number of benzene rings is 1. The number of nitrogens with two attached hydrogens (primary N) is 1. The van der Waals surface area contributed by atoms with Gasteiger partial charge in [-0.05, 0) is 17.5 Å². The number of hydrogen-bond acceptors (Lipinski definition) is 3. The summed E-state index contributed by atoms with van der Waals surface area (Å²) in [5.74, 6) is 0.615. The van der Waals surface area contributed by atoms with Crippen molar-refractivity contribution in [2.75, 3.05) is 5.73 Å². The zero-order chi connectivity index (χ0) is 13.6. The van der Waals surface area contributed by atoms with Gasteiger partial charge in [-0.1, -0.05) is 32.9 Å². The number of fused-ring (bicyclic) bond motifs is 3. The topological polar surface area (TPSA) is 51.8 Å². The Morgan fingerprint density at radius 3 is 2.53 bits per heavy atom. The molecule has 2 heterocycles. The Kier molecular flexibility index (Phi) is 2.45. The van der Waals surface area contributed by atoms with Gasteiger partial charge in [0.1, 0.15) is 5.82 Å². The predicted octanol–water partition coefficient (Wildman–Crippen LogP) is 3.66. The second kappa shape index (κ2) is 3.92. The molecule has 1 aromatic carbocycles. The number of aromatic nitrogens is 2. The van der Waals surface area contributed by atoms with E-state index in [4.69, 9.17) is 5.73 Å². The molecular formula is C16H17N3. The van der Waals surface area contributed by atoms with Crippen LogP contribution >= 0.6 is 0 Å². The first-order valence-corrected chi connectivity index (χ1v) is 6.40. The van der Waals surface area contributed by atoms with Gasteiger partial charge in [-0.3, -0.25) is 4.98 Å². The SMILES string of the molecule is CC(C)(C)c1cc2ccc3cnccc3c2nc1N. The van der Waals surface area contributed by atoms with Crippen molar-refractivity contribution in [1.29, 1.82) is 0 Å². The summed E-state index contributed by atoms with van der Waals surface area (Å²) in [6.45, 7) is 6.45. The molecule has 0 aliphatic carbocycles. The van der Waals surface area contributed by atoms with E-state index in [1.54, 1.807) is 6.20 Å². The Balaban J connectivity index is 2.41. The third-order valence-corrected chi connectivity index (χ3v) is 3.44. The van der Waals surface area contributed by atoms with Crippen LogP contribution in [-0.4, -0.2) is 9.97 Å². The quantitative estimate of drug-likeness (QED) is 0.620. The molecule has 0 spiro atoms. The lowest BCUT2D eigenvalue weighted by atomic mass is 9.86. The third-order valence-electron chi connectivity index (χ3n) is 3.44. The molecule has 3 aromatic rings. The highest BCUT2D eigenvalue weighted by molar-refractivity contribution is 6.05. The molecular weight excluding hydrogens is 234 g/mol. The second-order valence-electron chi connectivity index (χ2n) is 5.91. The molecule has 0 aliphatic heterocycles. The molecule has 0 aliphatic rings. The van der Waals surface area contributed by atoms with Crippen LogP contribution in [0.2, 0.25) is 0 Å². The lowest BCUT2D eigenvalue weighted by Gasteiger charge is -2.21. The number of rotatable bonds is 0. The molecule has 0 amide bonds. The molecule has 2 aromatic heterocycles. The summed E-state index contributed by atoms with van der Waals surface area (Å²) >= 11 is 0. The first-order chi connectivity index (χ1) is 8.97. The van der Waals surface area contributed by atoms with E-state index in [0.717, 1.165) is 27.2 Å². The van der Waals surface area contributed by atoms with Crippen LogP contribution in [0.5, 0.6) is 0 Å². The number of anilines is 1. The summed E-state index contributed by atoms with van der Waals surface area (Å²) in [6, 6.07) is 8.30. The molecule has 3 heteroatoms. The minimum absolute atomic E-state index is 0.00151. The van der Waals surface area contributed by atoms with Crippen molar-refractivity contribution in [1.82, 2.24) is 9.97 Å². The Bertz CT molecular complexity index is 770. The zero-order valence-electron chi connectivity index (χ0n) is 11.4. The second-order valence-corrected chi connectivity index (χ2v) is 5.91. The average molecular weight is 251 g/mol. The van der Waals surface area contributed by atoms with Crippen molar-refractivity contribution in [3.05, 3.63) is 42.2 Å². The van der Waals surface area contributed by atoms with E-state index in [2.05, 4.69) is 48.9 Å². The summed E-state index contributed by atoms with van der Waals surface area (Å²) < 4.78 is 0. The maximum absolute atomic E-state index is 6.14. The average Bonchev–Trinajstić information content (AvgIpc) is 2.36. The largest absolute Gasteiger partial charge is 0.383 e. The Labute approximate surface area is 112 Å². The van der Waals surface area contributed by atoms with Crippen molar-refractivity contribution in [3.8, 4) is 0 Å². The lowest BCUT2D eigenvalue weighted by Crippen LogP contribution is -2.15. The van der Waals surface area contributed by atoms with Crippen molar-refractivity contribution < 1.29 is 0 Å². The number of nitrogens with zero attached hydrogens (tertiary/aromatic N) is 2. The van der Waals surface area contributed by atoms with Gasteiger partial charge in [-0.25, -0.2) is 4.98 Å². The molecule has 0 bridgehead atoms. The van der Waals surface area contributed by atoms with Gasteiger partial charge in [0, 0.05) is 34.1 Å². The van der Waals surface area contributed by atoms with Crippen LogP contribution in [0.4, 0.5) is 5.82 Å². The predicted molar refractivity (Wildman–Crippen MR) is 80.2 cm³/mol. The van der Waals surface area contributed by atoms with Gasteiger partial charge in [-0.2, -0.15) is 0 Å². The lowest BCUT2D eigenvalue weighted by molar-refractivity contribution is 0.591. The van der Waals surface area contributed by atoms with Crippen molar-refractivity contribution in [3.63, 3.8) is 0 Å². The van der Waals surface area contributed by atoms with E-state index < -0.39 is 0 Å². The van der Waals surface area contributed by atoms with Crippen LogP contribution in [0.3, 0.4) is 0 Å². The van der Waals surface area contributed by atoms with E-state index in [1.165, 1.54) is 0 Å². The maximum atomic E-state index is 6.14. The van der Waals surface area contributed by atoms with Gasteiger partial charge in [0.05, 0.1) is 5.52 Å². The monoisotopic (exact) mass is 251 g/mol. The van der Waals surface area contributed by atoms with Crippen LogP contribution in [0.1, 0.15) is 26.3 Å². The minimum atomic E-state index is -0.00151. The van der Waals surface area contributed by atoms with Gasteiger partial charge in [-0.15, -0.1) is 0 Å². The van der Waals surface area contributed by atoms with E-state index >= 15 is 0 Å². The fourth-order valence-electron chi connectivity index (χ4n) is 2.42. The smallest absolute Gasteiger partial charge is 0.127 e. The van der Waals surface area contributed by atoms with Crippen molar-refractivity contribution in [2.24, 2.45) is 0 Å². The highest BCUT2D eigenvalue weighted by Crippen LogP contribution is 2.32. The van der Waals surface area contributed by atoms with Gasteiger partial charge in [0.25, 0.3) is 0 Å². The highest BCUT2D eigenvalue weighted by Gasteiger charge is 2.19. The maximum Gasteiger partial charge on any atom is 0.127 e. The molecule has 3 rings (SSSR count). The van der Waals surface area contributed by atoms with Crippen LogP contribution < -0.4 is 5.73 Å². The van der Waals surface area contributed by atoms with Crippen LogP contribution in [0.15, 0.2) is 36.7 Å². The Morgan fingerprint density at radius 2 is 1.79 bits per heavy atom. The van der Waals surface area contributed by atoms with Gasteiger partial charge >= 0.3 is 0 Å². The molecule has 96 valence electrons. The van der Waals surface area contributed by atoms with Crippen LogP contribution in [0, 0.1) is 0 Å². The fraction of sp³-hybridized carbons (Fsp3) is 0.250.